The summed E-state index contributed by atoms with van der Waals surface area (Å²) in [6, 6.07) is 6.45. The Bertz CT molecular complexity index is 444. The number of nitrogens with zero attached hydrogens (tertiary/aromatic N) is 2. The molecular formula is C15H23IN2OS. The number of rotatable bonds is 7. The minimum absolute atomic E-state index is 0.639. The molecule has 1 atom stereocenters. The average Bonchev–Trinajstić information content (AvgIpc) is 2.70. The number of aryl methyl sites for hydroxylation is 1. The summed E-state index contributed by atoms with van der Waals surface area (Å²) in [5.41, 5.74) is 2.46. The number of halogens is 1. The number of fused-ring (bicyclic) bond motifs is 1. The van der Waals surface area contributed by atoms with E-state index < -0.39 is 11.2 Å². The van der Waals surface area contributed by atoms with Crippen molar-refractivity contribution in [1.29, 1.82) is 0 Å². The summed E-state index contributed by atoms with van der Waals surface area (Å²) in [6.07, 6.45) is 3.52. The molecule has 0 bridgehead atoms. The predicted octanol–water partition coefficient (Wildman–Crippen LogP) is 2.89. The van der Waals surface area contributed by atoms with Crippen LogP contribution in [0.3, 0.4) is 0 Å². The van der Waals surface area contributed by atoms with Gasteiger partial charge in [-0.1, -0.05) is 28.7 Å². The third-order valence-corrected chi connectivity index (χ3v) is 5.63. The molecule has 1 aliphatic rings. The van der Waals surface area contributed by atoms with Crippen molar-refractivity contribution in [2.24, 2.45) is 0 Å². The third kappa shape index (κ3) is 4.26. The van der Waals surface area contributed by atoms with Gasteiger partial charge in [0.05, 0.1) is 5.69 Å². The van der Waals surface area contributed by atoms with Crippen molar-refractivity contribution in [3.8, 4) is 0 Å². The van der Waals surface area contributed by atoms with Gasteiger partial charge in [-0.2, -0.15) is 0 Å². The molecule has 3 nitrogen and oxygen atoms in total. The molecule has 0 N–H and O–H groups in total. The summed E-state index contributed by atoms with van der Waals surface area (Å²) < 4.78 is 13.2. The van der Waals surface area contributed by atoms with Gasteiger partial charge in [0.25, 0.3) is 0 Å². The fourth-order valence-electron chi connectivity index (χ4n) is 2.49. The van der Waals surface area contributed by atoms with Gasteiger partial charge in [-0.25, -0.2) is 0 Å². The Hall–Kier alpha value is 0.0200. The minimum atomic E-state index is -0.839. The van der Waals surface area contributed by atoms with Gasteiger partial charge in [-0.3, -0.25) is 0 Å². The number of unbranched alkanes of at least 4 members (excludes halogenated alkanes) is 1. The van der Waals surface area contributed by atoms with Gasteiger partial charge in [-0.05, 0) is 50.6 Å². The number of hydrogen-bond acceptors (Lipinski definition) is 3. The lowest BCUT2D eigenvalue weighted by atomic mass is 10.1. The van der Waals surface area contributed by atoms with E-state index >= 15 is 0 Å². The van der Waals surface area contributed by atoms with Crippen LogP contribution >= 0.6 is 22.6 Å². The highest BCUT2D eigenvalue weighted by atomic mass is 127. The van der Waals surface area contributed by atoms with Crippen LogP contribution in [0.4, 0.5) is 5.69 Å². The van der Waals surface area contributed by atoms with E-state index in [1.165, 1.54) is 35.9 Å². The second-order valence-corrected chi connectivity index (χ2v) is 7.89. The quantitative estimate of drug-likeness (QED) is 0.302. The molecule has 1 aliphatic heterocycles. The van der Waals surface area contributed by atoms with Gasteiger partial charge >= 0.3 is 0 Å². The van der Waals surface area contributed by atoms with Crippen molar-refractivity contribution >= 4 is 39.5 Å². The van der Waals surface area contributed by atoms with E-state index in [1.54, 1.807) is 0 Å². The maximum atomic E-state index is 12.0. The fourth-order valence-corrected chi connectivity index (χ4v) is 4.69. The molecular weight excluding hydrogens is 383 g/mol. The molecule has 0 spiro atoms. The summed E-state index contributed by atoms with van der Waals surface area (Å²) in [7, 11) is 4.19. The van der Waals surface area contributed by atoms with Gasteiger partial charge < -0.3 is 14.4 Å². The highest BCUT2D eigenvalue weighted by molar-refractivity contribution is 14.1. The van der Waals surface area contributed by atoms with Crippen LogP contribution in [0.5, 0.6) is 0 Å². The Balaban J connectivity index is 1.81. The van der Waals surface area contributed by atoms with E-state index in [4.69, 9.17) is 0 Å². The summed E-state index contributed by atoms with van der Waals surface area (Å²) >= 11 is 1.58. The van der Waals surface area contributed by atoms with Crippen molar-refractivity contribution < 1.29 is 4.55 Å². The maximum Gasteiger partial charge on any atom is 0.183 e. The van der Waals surface area contributed by atoms with E-state index in [2.05, 4.69) is 57.6 Å². The molecule has 1 heterocycles. The second-order valence-electron chi connectivity index (χ2n) is 5.42. The Kier molecular flexibility index (Phi) is 6.45. The molecule has 0 saturated heterocycles. The maximum absolute atomic E-state index is 12.0. The molecule has 5 heteroatoms. The molecule has 1 aromatic carbocycles. The zero-order chi connectivity index (χ0) is 14.5. The molecule has 20 heavy (non-hydrogen) atoms. The SMILES string of the molecule is CN(CCI)CCCCc1ccc2c(c1)[S+]([O-])CN2C. The molecule has 0 saturated carbocycles. The van der Waals surface area contributed by atoms with Crippen LogP contribution in [0.25, 0.3) is 0 Å². The van der Waals surface area contributed by atoms with Gasteiger partial charge in [0.1, 0.15) is 0 Å². The van der Waals surface area contributed by atoms with Crippen LogP contribution in [0.15, 0.2) is 23.1 Å². The lowest BCUT2D eigenvalue weighted by molar-refractivity contribution is 0.348. The summed E-state index contributed by atoms with van der Waals surface area (Å²) in [5.74, 6) is 0.639. The van der Waals surface area contributed by atoms with Gasteiger partial charge in [0, 0.05) is 29.2 Å². The van der Waals surface area contributed by atoms with E-state index in [-0.39, 0.29) is 0 Å². The number of anilines is 1. The lowest BCUT2D eigenvalue weighted by Gasteiger charge is -2.14. The van der Waals surface area contributed by atoms with E-state index in [0.29, 0.717) is 5.88 Å². The van der Waals surface area contributed by atoms with Gasteiger partial charge in [0.15, 0.2) is 10.8 Å². The Morgan fingerprint density at radius 2 is 2.15 bits per heavy atom. The third-order valence-electron chi connectivity index (χ3n) is 3.71. The molecule has 0 radical (unpaired) electrons. The topological polar surface area (TPSA) is 29.5 Å². The standard InChI is InChI=1S/C15H23IN2OS/c1-17(10-8-16)9-4-3-5-13-6-7-14-15(11-13)20(19)12-18(14)2/h6-7,11H,3-5,8-10,12H2,1-2H3. The molecule has 112 valence electrons. The van der Waals surface area contributed by atoms with Crippen LogP contribution in [-0.4, -0.2) is 46.9 Å². The normalized spacial score (nSPS) is 17.9. The lowest BCUT2D eigenvalue weighted by Crippen LogP contribution is -2.21. The first kappa shape index (κ1) is 16.4. The highest BCUT2D eigenvalue weighted by Crippen LogP contribution is 2.33. The molecule has 2 rings (SSSR count). The Morgan fingerprint density at radius 3 is 2.90 bits per heavy atom. The minimum Gasteiger partial charge on any atom is -0.610 e. The zero-order valence-electron chi connectivity index (χ0n) is 12.3. The van der Waals surface area contributed by atoms with Crippen LogP contribution in [0, 0.1) is 0 Å². The first-order valence-corrected chi connectivity index (χ1v) is 9.93. The fraction of sp³-hybridized carbons (Fsp3) is 0.600. The van der Waals surface area contributed by atoms with Gasteiger partial charge in [0.2, 0.25) is 0 Å². The number of hydrogen-bond donors (Lipinski definition) is 0. The number of benzene rings is 1. The van der Waals surface area contributed by atoms with Crippen molar-refractivity contribution in [2.75, 3.05) is 42.4 Å². The smallest absolute Gasteiger partial charge is 0.183 e. The largest absolute Gasteiger partial charge is 0.610 e. The predicted molar refractivity (Wildman–Crippen MR) is 95.4 cm³/mol. The summed E-state index contributed by atoms with van der Waals surface area (Å²) in [6.45, 7) is 2.34. The average molecular weight is 406 g/mol. The molecule has 0 aliphatic carbocycles. The molecule has 0 aromatic heterocycles. The van der Waals surface area contributed by atoms with E-state index in [0.717, 1.165) is 17.0 Å². The van der Waals surface area contributed by atoms with E-state index in [1.807, 2.05) is 7.05 Å². The van der Waals surface area contributed by atoms with Crippen molar-refractivity contribution in [1.82, 2.24) is 4.90 Å². The van der Waals surface area contributed by atoms with Gasteiger partial charge in [-0.15, -0.1) is 0 Å². The van der Waals surface area contributed by atoms with Crippen LogP contribution in [0.2, 0.25) is 0 Å². The van der Waals surface area contributed by atoms with Crippen LogP contribution < -0.4 is 4.90 Å². The Morgan fingerprint density at radius 1 is 1.35 bits per heavy atom. The zero-order valence-corrected chi connectivity index (χ0v) is 15.2. The monoisotopic (exact) mass is 406 g/mol. The molecule has 0 amide bonds. The highest BCUT2D eigenvalue weighted by Gasteiger charge is 2.28. The van der Waals surface area contributed by atoms with Crippen LogP contribution in [-0.2, 0) is 17.6 Å². The second kappa shape index (κ2) is 7.87. The van der Waals surface area contributed by atoms with Crippen molar-refractivity contribution in [3.05, 3.63) is 23.8 Å². The van der Waals surface area contributed by atoms with Crippen molar-refractivity contribution in [2.45, 2.75) is 24.2 Å². The van der Waals surface area contributed by atoms with E-state index in [9.17, 15) is 4.55 Å². The van der Waals surface area contributed by atoms with Crippen molar-refractivity contribution in [3.63, 3.8) is 0 Å². The number of alkyl halides is 1. The summed E-state index contributed by atoms with van der Waals surface area (Å²) in [5, 5.41) is 0. The Labute approximate surface area is 139 Å². The first-order valence-electron chi connectivity index (χ1n) is 7.09. The molecule has 1 aromatic rings. The van der Waals surface area contributed by atoms with Crippen LogP contribution in [0.1, 0.15) is 18.4 Å². The summed E-state index contributed by atoms with van der Waals surface area (Å²) in [4.78, 5) is 5.49. The first-order chi connectivity index (χ1) is 9.61. The molecule has 1 unspecified atom stereocenters. The molecule has 0 fully saturated rings.